The van der Waals surface area contributed by atoms with Gasteiger partial charge in [0.2, 0.25) is 5.69 Å². The second-order valence-corrected chi connectivity index (χ2v) is 1.52. The Labute approximate surface area is 49.6 Å². The number of nitrogens with zero attached hydrogens (tertiary/aromatic N) is 1. The molecular formula is C4H4N2O3. The van der Waals surface area contributed by atoms with Crippen LogP contribution in [0.4, 0.5) is 0 Å². The van der Waals surface area contributed by atoms with Gasteiger partial charge in [0.05, 0.1) is 0 Å². The van der Waals surface area contributed by atoms with Crippen molar-refractivity contribution in [2.75, 3.05) is 0 Å². The van der Waals surface area contributed by atoms with E-state index in [2.05, 4.69) is 9.79 Å². The van der Waals surface area contributed by atoms with Crippen LogP contribution in [-0.4, -0.2) is 16.1 Å². The summed E-state index contributed by atoms with van der Waals surface area (Å²) in [5.41, 5.74) is -0.766. The van der Waals surface area contributed by atoms with Crippen LogP contribution in [0.25, 0.3) is 0 Å². The second kappa shape index (κ2) is 1.85. The maximum Gasteiger partial charge on any atom is 0.311 e. The first kappa shape index (κ1) is 5.74. The Morgan fingerprint density at radius 3 is 2.67 bits per heavy atom. The summed E-state index contributed by atoms with van der Waals surface area (Å²) >= 11 is 0. The number of ketones is 1. The smallest absolute Gasteiger partial charge is 0.292 e. The van der Waals surface area contributed by atoms with Crippen molar-refractivity contribution in [1.29, 1.82) is 0 Å². The van der Waals surface area contributed by atoms with Crippen LogP contribution in [0.1, 0.15) is 17.4 Å². The van der Waals surface area contributed by atoms with Gasteiger partial charge in [0.1, 0.15) is 0 Å². The van der Waals surface area contributed by atoms with E-state index in [4.69, 9.17) is 0 Å². The molecule has 0 saturated heterocycles. The lowest BCUT2D eigenvalue weighted by Crippen LogP contribution is -2.10. The van der Waals surface area contributed by atoms with Gasteiger partial charge >= 0.3 is 5.56 Å². The molecule has 1 aromatic heterocycles. The van der Waals surface area contributed by atoms with Crippen molar-refractivity contribution in [3.63, 3.8) is 0 Å². The number of aromatic nitrogens is 2. The van der Waals surface area contributed by atoms with Crippen molar-refractivity contribution in [2.24, 2.45) is 0 Å². The Balaban J connectivity index is 3.24. The van der Waals surface area contributed by atoms with Gasteiger partial charge in [-0.2, -0.15) is 5.16 Å². The molecule has 0 radical (unpaired) electrons. The summed E-state index contributed by atoms with van der Waals surface area (Å²) in [5.74, 6) is -0.398. The first-order valence-electron chi connectivity index (χ1n) is 2.27. The Hall–Kier alpha value is -1.39. The average molecular weight is 128 g/mol. The molecule has 0 aliphatic heterocycles. The highest BCUT2D eigenvalue weighted by Crippen LogP contribution is 1.82. The Morgan fingerprint density at radius 2 is 2.44 bits per heavy atom. The number of carbonyl (C=O) groups excluding carboxylic acids is 1. The predicted molar refractivity (Wildman–Crippen MR) is 27.1 cm³/mol. The van der Waals surface area contributed by atoms with E-state index in [1.807, 2.05) is 5.16 Å². The van der Waals surface area contributed by atoms with Crippen molar-refractivity contribution in [1.82, 2.24) is 10.3 Å². The van der Waals surface area contributed by atoms with Gasteiger partial charge in [-0.05, 0) is 5.16 Å². The number of rotatable bonds is 1. The summed E-state index contributed by atoms with van der Waals surface area (Å²) in [4.78, 5) is 20.8. The lowest BCUT2D eigenvalue weighted by atomic mass is 10.3. The second-order valence-electron chi connectivity index (χ2n) is 1.52. The van der Waals surface area contributed by atoms with Gasteiger partial charge in [0.15, 0.2) is 5.78 Å². The fourth-order valence-corrected chi connectivity index (χ4v) is 0.424. The monoisotopic (exact) mass is 128 g/mol. The van der Waals surface area contributed by atoms with Gasteiger partial charge in [0.25, 0.3) is 0 Å². The first-order valence-corrected chi connectivity index (χ1v) is 2.27. The zero-order chi connectivity index (χ0) is 6.85. The van der Waals surface area contributed by atoms with Gasteiger partial charge < -0.3 is 0 Å². The Bertz CT molecular complexity index is 271. The van der Waals surface area contributed by atoms with E-state index >= 15 is 0 Å². The van der Waals surface area contributed by atoms with Crippen molar-refractivity contribution in [3.8, 4) is 0 Å². The number of aromatic amines is 1. The average Bonchev–Trinajstić information content (AvgIpc) is 2.13. The van der Waals surface area contributed by atoms with E-state index in [0.717, 1.165) is 0 Å². The van der Waals surface area contributed by atoms with Gasteiger partial charge in [0, 0.05) is 6.92 Å². The Morgan fingerprint density at radius 1 is 1.78 bits per heavy atom. The van der Waals surface area contributed by atoms with Crippen LogP contribution in [-0.2, 0) is 0 Å². The molecule has 0 spiro atoms. The minimum atomic E-state index is -0.581. The summed E-state index contributed by atoms with van der Waals surface area (Å²) in [5, 5.41) is 5.01. The molecule has 1 rings (SSSR count). The highest BCUT2D eigenvalue weighted by Gasteiger charge is 2.07. The third-order valence-corrected chi connectivity index (χ3v) is 0.824. The molecule has 0 aromatic carbocycles. The van der Waals surface area contributed by atoms with E-state index in [-0.39, 0.29) is 5.69 Å². The lowest BCUT2D eigenvalue weighted by Gasteiger charge is -1.73. The summed E-state index contributed by atoms with van der Waals surface area (Å²) in [6.45, 7) is 1.24. The SMILES string of the molecule is CC(=O)c1no[nH]c1=O. The minimum absolute atomic E-state index is 0.185. The quantitative estimate of drug-likeness (QED) is 0.520. The summed E-state index contributed by atoms with van der Waals surface area (Å²) < 4.78 is 4.10. The van der Waals surface area contributed by atoms with Crippen LogP contribution in [0, 0.1) is 0 Å². The first-order chi connectivity index (χ1) is 4.22. The molecule has 0 fully saturated rings. The fourth-order valence-electron chi connectivity index (χ4n) is 0.424. The molecule has 0 aliphatic carbocycles. The van der Waals surface area contributed by atoms with Gasteiger partial charge in [-0.25, -0.2) is 0 Å². The number of hydrogen-bond donors (Lipinski definition) is 1. The summed E-state index contributed by atoms with van der Waals surface area (Å²) in [6, 6.07) is 0. The molecule has 1 N–H and O–H groups in total. The van der Waals surface area contributed by atoms with Crippen LogP contribution >= 0.6 is 0 Å². The molecule has 0 aliphatic rings. The highest BCUT2D eigenvalue weighted by molar-refractivity contribution is 5.91. The minimum Gasteiger partial charge on any atom is -0.292 e. The fraction of sp³-hybridized carbons (Fsp3) is 0.250. The predicted octanol–water partition coefficient (Wildman–Crippen LogP) is -0.434. The molecule has 0 saturated carbocycles. The Kier molecular flexibility index (Phi) is 1.18. The van der Waals surface area contributed by atoms with Crippen molar-refractivity contribution >= 4 is 5.78 Å². The molecule has 5 heteroatoms. The summed E-state index contributed by atoms with van der Waals surface area (Å²) in [7, 11) is 0. The number of H-pyrrole nitrogens is 1. The molecule has 1 heterocycles. The van der Waals surface area contributed by atoms with E-state index in [1.165, 1.54) is 6.92 Å². The molecule has 0 amide bonds. The largest absolute Gasteiger partial charge is 0.311 e. The van der Waals surface area contributed by atoms with E-state index < -0.39 is 11.3 Å². The molecule has 48 valence electrons. The van der Waals surface area contributed by atoms with Crippen LogP contribution in [0.5, 0.6) is 0 Å². The van der Waals surface area contributed by atoms with Gasteiger partial charge in [-0.1, -0.05) is 0 Å². The normalized spacial score (nSPS) is 9.44. The van der Waals surface area contributed by atoms with Gasteiger partial charge in [-0.15, -0.1) is 0 Å². The van der Waals surface area contributed by atoms with Crippen molar-refractivity contribution < 1.29 is 9.42 Å². The number of Topliss-reactive ketones (excluding diaryl/α,β-unsaturated/α-hetero) is 1. The number of hydrogen-bond acceptors (Lipinski definition) is 4. The molecule has 5 nitrogen and oxygen atoms in total. The highest BCUT2D eigenvalue weighted by atomic mass is 16.6. The van der Waals surface area contributed by atoms with Crippen molar-refractivity contribution in [2.45, 2.75) is 6.92 Å². The van der Waals surface area contributed by atoms with Crippen LogP contribution in [0.15, 0.2) is 9.42 Å². The van der Waals surface area contributed by atoms with E-state index in [9.17, 15) is 9.59 Å². The third kappa shape index (κ3) is 0.883. The zero-order valence-corrected chi connectivity index (χ0v) is 4.67. The number of nitrogens with one attached hydrogen (secondary N) is 1. The summed E-state index contributed by atoms with van der Waals surface area (Å²) in [6.07, 6.45) is 0. The van der Waals surface area contributed by atoms with E-state index in [1.54, 1.807) is 0 Å². The lowest BCUT2D eigenvalue weighted by molar-refractivity contribution is 0.100. The molecule has 1 aromatic rings. The molecule has 0 bridgehead atoms. The number of carbonyl (C=O) groups is 1. The van der Waals surface area contributed by atoms with Crippen molar-refractivity contribution in [3.05, 3.63) is 16.0 Å². The molecule has 9 heavy (non-hydrogen) atoms. The van der Waals surface area contributed by atoms with Crippen LogP contribution in [0.2, 0.25) is 0 Å². The molecular weight excluding hydrogens is 124 g/mol. The maximum atomic E-state index is 10.4. The molecule has 0 unspecified atom stereocenters. The molecule has 0 atom stereocenters. The topological polar surface area (TPSA) is 76.0 Å². The maximum absolute atomic E-state index is 10.4. The third-order valence-electron chi connectivity index (χ3n) is 0.824. The van der Waals surface area contributed by atoms with E-state index in [0.29, 0.717) is 0 Å². The van der Waals surface area contributed by atoms with Crippen LogP contribution in [0.3, 0.4) is 0 Å². The van der Waals surface area contributed by atoms with Crippen LogP contribution < -0.4 is 5.56 Å². The van der Waals surface area contributed by atoms with Gasteiger partial charge in [-0.3, -0.25) is 14.2 Å². The standard InChI is InChI=1S/C4H4N2O3/c1-2(7)3-4(8)6-9-5-3/h1H3,(H,6,8). The zero-order valence-electron chi connectivity index (χ0n) is 4.67.